The Morgan fingerprint density at radius 3 is 2.27 bits per heavy atom. The highest BCUT2D eigenvalue weighted by atomic mass is 14.7. The summed E-state index contributed by atoms with van der Waals surface area (Å²) in [6, 6.07) is 0. The van der Waals surface area contributed by atoms with Gasteiger partial charge in [-0.05, 0) is 38.8 Å². The summed E-state index contributed by atoms with van der Waals surface area (Å²) in [5, 5.41) is 0. The number of nitrogens with zero attached hydrogens (tertiary/aromatic N) is 1. The van der Waals surface area contributed by atoms with Crippen LogP contribution in [0, 0.1) is 0 Å². The van der Waals surface area contributed by atoms with E-state index in [1.165, 1.54) is 11.1 Å². The fraction of sp³-hybridized carbons (Fsp3) is 0.500. The zero-order chi connectivity index (χ0) is 8.69. The highest BCUT2D eigenvalue weighted by molar-refractivity contribution is 5.84. The molecule has 0 heterocycles. The molecular formula is C10H17N. The van der Waals surface area contributed by atoms with Crippen LogP contribution in [0.2, 0.25) is 0 Å². The molecule has 0 spiro atoms. The molecule has 0 aromatic heterocycles. The smallest absolute Gasteiger partial charge is 0.0361 e. The highest BCUT2D eigenvalue weighted by Gasteiger charge is 1.91. The monoisotopic (exact) mass is 151 g/mol. The van der Waals surface area contributed by atoms with Crippen molar-refractivity contribution in [2.75, 3.05) is 6.54 Å². The van der Waals surface area contributed by atoms with Gasteiger partial charge >= 0.3 is 0 Å². The molecule has 0 N–H and O–H groups in total. The molecule has 0 unspecified atom stereocenters. The van der Waals surface area contributed by atoms with Gasteiger partial charge in [-0.3, -0.25) is 4.99 Å². The van der Waals surface area contributed by atoms with Crippen molar-refractivity contribution >= 4 is 6.21 Å². The molecule has 1 heteroatoms. The Bertz CT molecular complexity index is 185. The van der Waals surface area contributed by atoms with E-state index in [4.69, 9.17) is 0 Å². The van der Waals surface area contributed by atoms with Crippen molar-refractivity contribution in [1.29, 1.82) is 0 Å². The van der Waals surface area contributed by atoms with Gasteiger partial charge in [0.15, 0.2) is 0 Å². The minimum absolute atomic E-state index is 0.855. The van der Waals surface area contributed by atoms with Crippen LogP contribution < -0.4 is 0 Å². The average molecular weight is 151 g/mol. The van der Waals surface area contributed by atoms with Crippen molar-refractivity contribution in [1.82, 2.24) is 0 Å². The normalized spacial score (nSPS) is 14.5. The predicted octanol–water partition coefficient (Wildman–Crippen LogP) is 2.99. The lowest BCUT2D eigenvalue weighted by Gasteiger charge is -1.98. The lowest BCUT2D eigenvalue weighted by atomic mass is 10.1. The fourth-order valence-corrected chi connectivity index (χ4v) is 0.760. The third kappa shape index (κ3) is 3.76. The summed E-state index contributed by atoms with van der Waals surface area (Å²) in [7, 11) is 0. The summed E-state index contributed by atoms with van der Waals surface area (Å²) in [6.07, 6.45) is 6.10. The number of hydrogen-bond acceptors (Lipinski definition) is 1. The molecule has 11 heavy (non-hydrogen) atoms. The van der Waals surface area contributed by atoms with Crippen LogP contribution >= 0.6 is 0 Å². The first-order chi connectivity index (χ1) is 5.26. The molecule has 0 rings (SSSR count). The summed E-state index contributed by atoms with van der Waals surface area (Å²) in [6.45, 7) is 9.06. The molecule has 0 saturated heterocycles. The molecular weight excluding hydrogens is 134 g/mol. The summed E-state index contributed by atoms with van der Waals surface area (Å²) >= 11 is 0. The summed E-state index contributed by atoms with van der Waals surface area (Å²) in [5.41, 5.74) is 2.50. The number of allylic oxidation sites excluding steroid dienone is 4. The van der Waals surface area contributed by atoms with Crippen molar-refractivity contribution in [2.24, 2.45) is 4.99 Å². The topological polar surface area (TPSA) is 12.4 Å². The Morgan fingerprint density at radius 2 is 1.91 bits per heavy atom. The number of hydrogen-bond donors (Lipinski definition) is 0. The maximum Gasteiger partial charge on any atom is 0.0361 e. The lowest BCUT2D eigenvalue weighted by Crippen LogP contribution is -1.86. The quantitative estimate of drug-likeness (QED) is 0.434. The van der Waals surface area contributed by atoms with Gasteiger partial charge in [-0.1, -0.05) is 12.2 Å². The van der Waals surface area contributed by atoms with E-state index < -0.39 is 0 Å². The average Bonchev–Trinajstić information content (AvgIpc) is 2.05. The second-order valence-electron chi connectivity index (χ2n) is 2.34. The van der Waals surface area contributed by atoms with Crippen molar-refractivity contribution in [3.63, 3.8) is 0 Å². The predicted molar refractivity (Wildman–Crippen MR) is 52.2 cm³/mol. The molecule has 0 fully saturated rings. The molecule has 1 nitrogen and oxygen atoms in total. The second-order valence-corrected chi connectivity index (χ2v) is 2.34. The minimum Gasteiger partial charge on any atom is -0.293 e. The van der Waals surface area contributed by atoms with Crippen LogP contribution in [-0.2, 0) is 0 Å². The first-order valence-electron chi connectivity index (χ1n) is 4.05. The van der Waals surface area contributed by atoms with Crippen molar-refractivity contribution in [3.05, 3.63) is 23.3 Å². The van der Waals surface area contributed by atoms with Gasteiger partial charge in [0.05, 0.1) is 0 Å². The Morgan fingerprint density at radius 1 is 1.27 bits per heavy atom. The summed E-state index contributed by atoms with van der Waals surface area (Å²) in [5.74, 6) is 0. The van der Waals surface area contributed by atoms with E-state index in [1.54, 1.807) is 0 Å². The third-order valence-corrected chi connectivity index (χ3v) is 1.61. The standard InChI is InChI=1S/C10H17N/c1-5-9(4)10(6-2)8-11-7-3/h5-6,8H,7H2,1-4H3/b9-5+,10-6+,11-8?. The van der Waals surface area contributed by atoms with Crippen LogP contribution in [0.15, 0.2) is 28.3 Å². The van der Waals surface area contributed by atoms with E-state index in [9.17, 15) is 0 Å². The van der Waals surface area contributed by atoms with Gasteiger partial charge in [0.2, 0.25) is 0 Å². The SMILES string of the molecule is C/C=C(C=NCC)/C(C)=C/C. The molecule has 0 radical (unpaired) electrons. The molecule has 0 amide bonds. The fourth-order valence-electron chi connectivity index (χ4n) is 0.760. The second kappa shape index (κ2) is 5.90. The first-order valence-corrected chi connectivity index (χ1v) is 4.05. The van der Waals surface area contributed by atoms with Crippen LogP contribution in [-0.4, -0.2) is 12.8 Å². The lowest BCUT2D eigenvalue weighted by molar-refractivity contribution is 1.14. The molecule has 0 aliphatic heterocycles. The molecule has 62 valence electrons. The van der Waals surface area contributed by atoms with Crippen LogP contribution in [0.4, 0.5) is 0 Å². The highest BCUT2D eigenvalue weighted by Crippen LogP contribution is 2.05. The molecule has 0 aliphatic rings. The Balaban J connectivity index is 4.32. The largest absolute Gasteiger partial charge is 0.293 e. The van der Waals surface area contributed by atoms with Gasteiger partial charge in [-0.2, -0.15) is 0 Å². The zero-order valence-corrected chi connectivity index (χ0v) is 7.89. The maximum absolute atomic E-state index is 4.18. The third-order valence-electron chi connectivity index (χ3n) is 1.61. The van der Waals surface area contributed by atoms with E-state index >= 15 is 0 Å². The Labute approximate surface area is 69.5 Å². The van der Waals surface area contributed by atoms with Gasteiger partial charge in [-0.25, -0.2) is 0 Å². The van der Waals surface area contributed by atoms with Crippen molar-refractivity contribution in [2.45, 2.75) is 27.7 Å². The van der Waals surface area contributed by atoms with Crippen LogP contribution in [0.1, 0.15) is 27.7 Å². The Hall–Kier alpha value is -0.850. The molecule has 0 aromatic carbocycles. The van der Waals surface area contributed by atoms with Crippen LogP contribution in [0.25, 0.3) is 0 Å². The van der Waals surface area contributed by atoms with Crippen LogP contribution in [0.5, 0.6) is 0 Å². The first kappa shape index (κ1) is 10.2. The van der Waals surface area contributed by atoms with Crippen molar-refractivity contribution in [3.8, 4) is 0 Å². The van der Waals surface area contributed by atoms with E-state index in [1.807, 2.05) is 27.0 Å². The van der Waals surface area contributed by atoms with E-state index in [0.29, 0.717) is 0 Å². The van der Waals surface area contributed by atoms with Crippen LogP contribution in [0.3, 0.4) is 0 Å². The minimum atomic E-state index is 0.855. The van der Waals surface area contributed by atoms with Gasteiger partial charge in [0.1, 0.15) is 0 Å². The number of rotatable bonds is 3. The summed E-state index contributed by atoms with van der Waals surface area (Å²) < 4.78 is 0. The van der Waals surface area contributed by atoms with E-state index in [-0.39, 0.29) is 0 Å². The zero-order valence-electron chi connectivity index (χ0n) is 7.89. The number of aliphatic imine (C=N–C) groups is 1. The molecule has 0 bridgehead atoms. The van der Waals surface area contributed by atoms with Gasteiger partial charge in [-0.15, -0.1) is 0 Å². The van der Waals surface area contributed by atoms with Gasteiger partial charge < -0.3 is 0 Å². The van der Waals surface area contributed by atoms with Gasteiger partial charge in [0.25, 0.3) is 0 Å². The molecule has 0 atom stereocenters. The van der Waals surface area contributed by atoms with E-state index in [2.05, 4.69) is 24.1 Å². The van der Waals surface area contributed by atoms with Gasteiger partial charge in [0, 0.05) is 12.8 Å². The van der Waals surface area contributed by atoms with E-state index in [0.717, 1.165) is 6.54 Å². The maximum atomic E-state index is 4.18. The Kier molecular flexibility index (Phi) is 5.44. The molecule has 0 aromatic rings. The summed E-state index contributed by atoms with van der Waals surface area (Å²) in [4.78, 5) is 4.18. The molecule has 0 aliphatic carbocycles. The molecule has 0 saturated carbocycles. The van der Waals surface area contributed by atoms with Crippen molar-refractivity contribution < 1.29 is 0 Å².